The largest absolute Gasteiger partial charge is 0.481 e. The van der Waals surface area contributed by atoms with Crippen LogP contribution in [-0.2, 0) is 9.53 Å². The first kappa shape index (κ1) is 19.6. The van der Waals surface area contributed by atoms with Crippen molar-refractivity contribution < 1.29 is 33.3 Å². The summed E-state index contributed by atoms with van der Waals surface area (Å²) in [4.78, 5) is 23.6. The Bertz CT molecular complexity index is 778. The van der Waals surface area contributed by atoms with Crippen molar-refractivity contribution in [3.63, 3.8) is 0 Å². The van der Waals surface area contributed by atoms with Gasteiger partial charge in [0.25, 0.3) is 5.92 Å². The molecule has 0 saturated carbocycles. The molecule has 2 N–H and O–H groups in total. The van der Waals surface area contributed by atoms with Crippen LogP contribution in [0.15, 0.2) is 54.1 Å². The van der Waals surface area contributed by atoms with Crippen molar-refractivity contribution >= 4 is 23.7 Å². The lowest BCUT2D eigenvalue weighted by atomic mass is 9.78. The van der Waals surface area contributed by atoms with Crippen LogP contribution in [0.2, 0.25) is 0 Å². The van der Waals surface area contributed by atoms with Crippen LogP contribution < -0.4 is 0 Å². The van der Waals surface area contributed by atoms with Crippen molar-refractivity contribution in [3.8, 4) is 0 Å². The lowest BCUT2D eigenvalue weighted by molar-refractivity contribution is -0.141. The van der Waals surface area contributed by atoms with Crippen molar-refractivity contribution in [3.05, 3.63) is 59.7 Å². The molecule has 5 nitrogen and oxygen atoms in total. The van der Waals surface area contributed by atoms with E-state index in [2.05, 4.69) is 0 Å². The summed E-state index contributed by atoms with van der Waals surface area (Å²) in [5.41, 5.74) is -1.67. The summed E-state index contributed by atoms with van der Waals surface area (Å²) in [6.07, 6.45) is 4.60. The molecule has 1 heterocycles. The highest BCUT2D eigenvalue weighted by atomic mass is 32.2. The topological polar surface area (TPSA) is 83.8 Å². The summed E-state index contributed by atoms with van der Waals surface area (Å²) in [6, 6.07) is 8.11. The fourth-order valence-electron chi connectivity index (χ4n) is 3.33. The van der Waals surface area contributed by atoms with E-state index in [9.17, 15) is 28.6 Å². The Morgan fingerprint density at radius 3 is 2.63 bits per heavy atom. The first-order chi connectivity index (χ1) is 12.8. The van der Waals surface area contributed by atoms with Gasteiger partial charge in [0.2, 0.25) is 0 Å². The van der Waals surface area contributed by atoms with Gasteiger partial charge in [0, 0.05) is 0 Å². The number of thioether (sulfide) groups is 1. The third-order valence-electron chi connectivity index (χ3n) is 4.66. The average molecular weight is 396 g/mol. The van der Waals surface area contributed by atoms with Crippen molar-refractivity contribution in [2.24, 2.45) is 11.8 Å². The summed E-state index contributed by atoms with van der Waals surface area (Å²) in [6.45, 7) is -0.358. The third kappa shape index (κ3) is 3.91. The van der Waals surface area contributed by atoms with Gasteiger partial charge in [-0.25, -0.2) is 13.6 Å². The van der Waals surface area contributed by atoms with E-state index >= 15 is 0 Å². The van der Waals surface area contributed by atoms with Crippen molar-refractivity contribution in [1.29, 1.82) is 0 Å². The van der Waals surface area contributed by atoms with Gasteiger partial charge in [-0.15, -0.1) is 11.8 Å². The number of aliphatic hydroxyl groups excluding tert-OH is 1. The van der Waals surface area contributed by atoms with E-state index in [-0.39, 0.29) is 24.2 Å². The smallest absolute Gasteiger partial charge is 0.338 e. The number of halogens is 2. The summed E-state index contributed by atoms with van der Waals surface area (Å²) >= 11 is 0.596. The number of carbonyl (C=O) groups is 2. The van der Waals surface area contributed by atoms with Gasteiger partial charge in [-0.1, -0.05) is 36.4 Å². The Labute approximate surface area is 158 Å². The Hall–Kier alpha value is -2.19. The molecule has 3 rings (SSSR count). The Kier molecular flexibility index (Phi) is 5.67. The van der Waals surface area contributed by atoms with Crippen LogP contribution in [0.5, 0.6) is 0 Å². The first-order valence-electron chi connectivity index (χ1n) is 8.35. The molecular formula is C19H18F2O5S. The van der Waals surface area contributed by atoms with Gasteiger partial charge in [0.1, 0.15) is 6.61 Å². The van der Waals surface area contributed by atoms with Crippen molar-refractivity contribution in [1.82, 2.24) is 0 Å². The molecule has 1 fully saturated rings. The van der Waals surface area contributed by atoms with Crippen LogP contribution in [0.1, 0.15) is 16.8 Å². The number of allylic oxidation sites excluding steroid dienone is 3. The number of hydrogen-bond acceptors (Lipinski definition) is 5. The molecule has 0 bridgehead atoms. The van der Waals surface area contributed by atoms with Gasteiger partial charge < -0.3 is 14.9 Å². The van der Waals surface area contributed by atoms with Gasteiger partial charge >= 0.3 is 11.9 Å². The van der Waals surface area contributed by atoms with E-state index in [1.807, 2.05) is 0 Å². The minimum atomic E-state index is -3.53. The van der Waals surface area contributed by atoms with E-state index < -0.39 is 40.4 Å². The molecule has 1 aliphatic heterocycles. The van der Waals surface area contributed by atoms with Crippen LogP contribution in [0.25, 0.3) is 0 Å². The predicted molar refractivity (Wildman–Crippen MR) is 95.5 cm³/mol. The number of benzene rings is 1. The molecule has 27 heavy (non-hydrogen) atoms. The maximum absolute atomic E-state index is 14.7. The van der Waals surface area contributed by atoms with E-state index in [1.54, 1.807) is 36.4 Å². The summed E-state index contributed by atoms with van der Waals surface area (Å²) in [7, 11) is 0. The number of alkyl halides is 2. The van der Waals surface area contributed by atoms with Crippen LogP contribution >= 0.6 is 11.8 Å². The molecule has 8 heteroatoms. The molecule has 1 aliphatic carbocycles. The highest BCUT2D eigenvalue weighted by Crippen LogP contribution is 2.53. The molecule has 0 aromatic heterocycles. The average Bonchev–Trinajstić information content (AvgIpc) is 2.89. The van der Waals surface area contributed by atoms with Crippen LogP contribution in [0, 0.1) is 11.8 Å². The minimum absolute atomic E-state index is 0.0415. The molecule has 2 aliphatic rings. The summed E-state index contributed by atoms with van der Waals surface area (Å²) in [5, 5.41) is 18.2. The second kappa shape index (κ2) is 7.82. The van der Waals surface area contributed by atoms with E-state index in [0.717, 1.165) is 0 Å². The molecule has 2 unspecified atom stereocenters. The van der Waals surface area contributed by atoms with Crippen molar-refractivity contribution in [2.75, 3.05) is 6.61 Å². The lowest BCUT2D eigenvalue weighted by Gasteiger charge is -2.30. The van der Waals surface area contributed by atoms with E-state index in [4.69, 9.17) is 4.74 Å². The summed E-state index contributed by atoms with van der Waals surface area (Å²) < 4.78 is 34.5. The molecule has 144 valence electrons. The second-order valence-electron chi connectivity index (χ2n) is 6.36. The Morgan fingerprint density at radius 1 is 1.26 bits per heavy atom. The fraction of sp³-hybridized carbons (Fsp3) is 0.368. The fourth-order valence-corrected chi connectivity index (χ4v) is 4.64. The Balaban J connectivity index is 1.81. The number of ether oxygens (including phenoxy) is 1. The normalized spacial score (nSPS) is 29.2. The highest BCUT2D eigenvalue weighted by Gasteiger charge is 2.60. The molecule has 0 radical (unpaired) electrons. The standard InChI is InChI=1S/C19H18F2O5S/c20-19(21)15(12-8-4-5-9-13(12)16(22)23)14(27-18(19)25)10-26-17(24)11-6-2-1-3-7-11/h1-8,13-15,18,25H,9-10H2,(H,22,23)/t13?,14-,15-,18?/m0/s1. The highest BCUT2D eigenvalue weighted by molar-refractivity contribution is 8.00. The maximum atomic E-state index is 14.7. The molecular weight excluding hydrogens is 378 g/mol. The van der Waals surface area contributed by atoms with E-state index in [1.165, 1.54) is 12.2 Å². The third-order valence-corrected chi connectivity index (χ3v) is 5.99. The van der Waals surface area contributed by atoms with Crippen LogP contribution in [-0.4, -0.2) is 45.4 Å². The molecule has 1 aromatic carbocycles. The van der Waals surface area contributed by atoms with E-state index in [0.29, 0.717) is 11.8 Å². The number of hydrogen-bond donors (Lipinski definition) is 2. The summed E-state index contributed by atoms with van der Waals surface area (Å²) in [5.74, 6) is -8.02. The molecule has 0 amide bonds. The quantitative estimate of drug-likeness (QED) is 0.744. The molecule has 1 aromatic rings. The monoisotopic (exact) mass is 396 g/mol. The number of esters is 1. The van der Waals surface area contributed by atoms with Gasteiger partial charge in [0.15, 0.2) is 5.44 Å². The van der Waals surface area contributed by atoms with Gasteiger partial charge in [-0.05, 0) is 24.1 Å². The lowest BCUT2D eigenvalue weighted by Crippen LogP contribution is -2.40. The van der Waals surface area contributed by atoms with Gasteiger partial charge in [0.05, 0.1) is 22.6 Å². The molecule has 4 atom stereocenters. The maximum Gasteiger partial charge on any atom is 0.338 e. The zero-order valence-corrected chi connectivity index (χ0v) is 14.9. The number of rotatable bonds is 5. The molecule has 0 spiro atoms. The number of aliphatic hydroxyl groups is 1. The minimum Gasteiger partial charge on any atom is -0.481 e. The van der Waals surface area contributed by atoms with Crippen LogP contribution in [0.4, 0.5) is 8.78 Å². The zero-order valence-electron chi connectivity index (χ0n) is 14.1. The van der Waals surface area contributed by atoms with Crippen molar-refractivity contribution in [2.45, 2.75) is 23.0 Å². The number of carboxylic acid groups (broad SMARTS) is 1. The van der Waals surface area contributed by atoms with Gasteiger partial charge in [-0.2, -0.15) is 0 Å². The zero-order chi connectivity index (χ0) is 19.6. The Morgan fingerprint density at radius 2 is 1.96 bits per heavy atom. The van der Waals surface area contributed by atoms with Gasteiger partial charge in [-0.3, -0.25) is 4.79 Å². The second-order valence-corrected chi connectivity index (χ2v) is 7.69. The SMILES string of the molecule is O=C(OC[C@@H]1SC(O)C(F)(F)[C@H]1C1=CC=CCC1C(=O)O)c1ccccc1. The van der Waals surface area contributed by atoms with Crippen LogP contribution in [0.3, 0.4) is 0 Å². The molecule has 1 saturated heterocycles. The number of carboxylic acids is 1. The first-order valence-corrected chi connectivity index (χ1v) is 9.29. The number of carbonyl (C=O) groups excluding carboxylic acids is 1. The number of aliphatic carboxylic acids is 1. The predicted octanol–water partition coefficient (Wildman–Crippen LogP) is 3.12.